The lowest BCUT2D eigenvalue weighted by molar-refractivity contribution is -0.159. The number of rotatable bonds is 7. The lowest BCUT2D eigenvalue weighted by Gasteiger charge is -2.23. The van der Waals surface area contributed by atoms with Crippen molar-refractivity contribution in [1.29, 1.82) is 0 Å². The quantitative estimate of drug-likeness (QED) is 0.228. The van der Waals surface area contributed by atoms with E-state index in [1.807, 2.05) is 5.32 Å². The zero-order valence-electron chi connectivity index (χ0n) is 20.5. The van der Waals surface area contributed by atoms with Gasteiger partial charge >= 0.3 is 18.5 Å². The maximum absolute atomic E-state index is 15.0. The number of likely N-dealkylation sites (N-methyl/N-ethyl adjacent to an activating group) is 1. The van der Waals surface area contributed by atoms with E-state index in [0.717, 1.165) is 26.1 Å². The van der Waals surface area contributed by atoms with Crippen molar-refractivity contribution in [3.8, 4) is 0 Å². The summed E-state index contributed by atoms with van der Waals surface area (Å²) in [6, 6.07) is 1.40. The number of benzene rings is 2. The van der Waals surface area contributed by atoms with E-state index in [0.29, 0.717) is 12.1 Å². The average Bonchev–Trinajstić information content (AvgIpc) is 2.82. The van der Waals surface area contributed by atoms with Crippen LogP contribution in [0.15, 0.2) is 45.4 Å². The van der Waals surface area contributed by atoms with Crippen LogP contribution in [0.4, 0.5) is 43.9 Å². The molecule has 2 atom stereocenters. The molecule has 226 valence electrons. The van der Waals surface area contributed by atoms with Crippen LogP contribution in [0.25, 0.3) is 5.83 Å². The first-order valence-electron chi connectivity index (χ1n) is 11.0. The third-order valence-electron chi connectivity index (χ3n) is 5.39. The number of hydrogen-bond acceptors (Lipinski definition) is 2. The highest BCUT2D eigenvalue weighted by Gasteiger charge is 2.41. The molecule has 0 aliphatic rings. The summed E-state index contributed by atoms with van der Waals surface area (Å²) in [5.41, 5.74) is -4.37. The number of halogens is 13. The molecule has 0 aromatic heterocycles. The number of amides is 2. The van der Waals surface area contributed by atoms with E-state index in [4.69, 9.17) is 11.6 Å². The molecule has 17 heteroatoms. The Morgan fingerprint density at radius 1 is 1.00 bits per heavy atom. The average molecular weight is 751 g/mol. The molecule has 1 unspecified atom stereocenters. The van der Waals surface area contributed by atoms with Crippen LogP contribution >= 0.6 is 43.5 Å². The van der Waals surface area contributed by atoms with Crippen molar-refractivity contribution in [1.82, 2.24) is 10.2 Å². The molecule has 0 bridgehead atoms. The highest BCUT2D eigenvalue weighted by molar-refractivity contribution is 9.11. The Morgan fingerprint density at radius 3 is 2.00 bits per heavy atom. The summed E-state index contributed by atoms with van der Waals surface area (Å²) in [6.07, 6.45) is -15.1. The molecule has 0 aliphatic carbocycles. The predicted octanol–water partition coefficient (Wildman–Crippen LogP) is 8.68. The molecule has 0 saturated carbocycles. The third kappa shape index (κ3) is 9.33. The first-order valence-corrected chi connectivity index (χ1v) is 12.9. The van der Waals surface area contributed by atoms with Gasteiger partial charge in [0.2, 0.25) is 5.91 Å². The zero-order valence-corrected chi connectivity index (χ0v) is 24.4. The third-order valence-corrected chi connectivity index (χ3v) is 7.50. The molecule has 0 fully saturated rings. The standard InChI is InChI=1S/C24H17Br2ClF10N2O2/c1-10(21(41)39(2)9-22(29,30)31)38-20(40)13-4-3-11(5-15(13)24(35,36)37)18(28)8-14(23(32,33)34)12-6-16(25)19(27)17(26)7-12/h3-8,10,14H,9H2,1-2H3,(H,38,40)/b18-8-/t10-,14?/m1/s1. The molecule has 0 radical (unpaired) electrons. The Hall–Kier alpha value is -2.33. The Bertz CT molecular complexity index is 1320. The van der Waals surface area contributed by atoms with Gasteiger partial charge in [-0.1, -0.05) is 17.7 Å². The van der Waals surface area contributed by atoms with Gasteiger partial charge < -0.3 is 10.2 Å². The Morgan fingerprint density at radius 2 is 1.54 bits per heavy atom. The second kappa shape index (κ2) is 12.9. The summed E-state index contributed by atoms with van der Waals surface area (Å²) >= 11 is 11.8. The number of alkyl halides is 9. The Kier molecular flexibility index (Phi) is 11.0. The molecular weight excluding hydrogens is 734 g/mol. The fourth-order valence-electron chi connectivity index (χ4n) is 3.52. The number of hydrogen-bond donors (Lipinski definition) is 1. The molecular formula is C24H17Br2ClF10N2O2. The van der Waals surface area contributed by atoms with E-state index in [9.17, 15) is 49.1 Å². The summed E-state index contributed by atoms with van der Waals surface area (Å²) in [4.78, 5) is 24.8. The maximum atomic E-state index is 15.0. The van der Waals surface area contributed by atoms with Crippen molar-refractivity contribution in [2.45, 2.75) is 37.4 Å². The van der Waals surface area contributed by atoms with Crippen molar-refractivity contribution < 1.29 is 53.5 Å². The van der Waals surface area contributed by atoms with E-state index >= 15 is 4.39 Å². The van der Waals surface area contributed by atoms with E-state index < -0.39 is 76.9 Å². The normalized spacial score (nSPS) is 14.5. The first kappa shape index (κ1) is 34.9. The van der Waals surface area contributed by atoms with Crippen LogP contribution in [-0.2, 0) is 11.0 Å². The minimum atomic E-state index is -5.32. The fraction of sp³-hybridized carbons (Fsp3) is 0.333. The summed E-state index contributed by atoms with van der Waals surface area (Å²) in [7, 11) is 0.763. The smallest absolute Gasteiger partial charge is 0.341 e. The number of carbonyl (C=O) groups excluding carboxylic acids is 2. The summed E-state index contributed by atoms with van der Waals surface area (Å²) in [5.74, 6) is -7.14. The van der Waals surface area contributed by atoms with Crippen molar-refractivity contribution in [3.63, 3.8) is 0 Å². The molecule has 4 nitrogen and oxygen atoms in total. The van der Waals surface area contributed by atoms with Crippen molar-refractivity contribution in [3.05, 3.63) is 72.6 Å². The highest BCUT2D eigenvalue weighted by atomic mass is 79.9. The second-order valence-corrected chi connectivity index (χ2v) is 10.7. The number of nitrogens with zero attached hydrogens (tertiary/aromatic N) is 1. The number of carbonyl (C=O) groups is 2. The summed E-state index contributed by atoms with van der Waals surface area (Å²) in [6.45, 7) is -0.759. The second-order valence-electron chi connectivity index (χ2n) is 8.60. The lowest BCUT2D eigenvalue weighted by atomic mass is 9.95. The summed E-state index contributed by atoms with van der Waals surface area (Å²) < 4.78 is 135. The van der Waals surface area contributed by atoms with Gasteiger partial charge in [-0.2, -0.15) is 39.5 Å². The first-order chi connectivity index (χ1) is 18.5. The van der Waals surface area contributed by atoms with Gasteiger partial charge in [-0.25, -0.2) is 4.39 Å². The van der Waals surface area contributed by atoms with Crippen LogP contribution in [0.1, 0.15) is 39.9 Å². The Labute approximate surface area is 248 Å². The van der Waals surface area contributed by atoms with E-state index in [1.54, 1.807) is 0 Å². The molecule has 0 aliphatic heterocycles. The molecule has 0 saturated heterocycles. The van der Waals surface area contributed by atoms with Gasteiger partial charge in [0.05, 0.1) is 16.1 Å². The van der Waals surface area contributed by atoms with Crippen molar-refractivity contribution >= 4 is 61.1 Å². The van der Waals surface area contributed by atoms with Crippen molar-refractivity contribution in [2.75, 3.05) is 13.6 Å². The topological polar surface area (TPSA) is 49.4 Å². The van der Waals surface area contributed by atoms with Crippen LogP contribution < -0.4 is 5.32 Å². The molecule has 2 amide bonds. The molecule has 1 N–H and O–H groups in total. The fourth-order valence-corrected chi connectivity index (χ4v) is 4.85. The van der Waals surface area contributed by atoms with Gasteiger partial charge in [0.15, 0.2) is 0 Å². The van der Waals surface area contributed by atoms with Crippen LogP contribution in [-0.4, -0.2) is 48.7 Å². The SMILES string of the molecule is C[C@@H](NC(=O)c1ccc(/C(F)=C/C(c2cc(Br)c(Cl)c(Br)c2)C(F)(F)F)cc1C(F)(F)F)C(=O)N(C)CC(F)(F)F. The van der Waals surface area contributed by atoms with E-state index in [2.05, 4.69) is 31.9 Å². The van der Waals surface area contributed by atoms with Crippen LogP contribution in [0.2, 0.25) is 5.02 Å². The van der Waals surface area contributed by atoms with Crippen molar-refractivity contribution in [2.24, 2.45) is 0 Å². The highest BCUT2D eigenvalue weighted by Crippen LogP contribution is 2.43. The minimum Gasteiger partial charge on any atom is -0.341 e. The number of allylic oxidation sites excluding steroid dienone is 1. The zero-order chi connectivity index (χ0) is 31.7. The van der Waals surface area contributed by atoms with E-state index in [1.165, 1.54) is 0 Å². The Balaban J connectivity index is 2.47. The molecule has 2 aromatic rings. The van der Waals surface area contributed by atoms with Gasteiger partial charge in [-0.05, 0) is 74.7 Å². The molecule has 2 rings (SSSR count). The largest absolute Gasteiger partial charge is 0.417 e. The van der Waals surface area contributed by atoms with Crippen LogP contribution in [0.5, 0.6) is 0 Å². The minimum absolute atomic E-state index is 0.0193. The van der Waals surface area contributed by atoms with Gasteiger partial charge in [-0.3, -0.25) is 9.59 Å². The molecule has 0 heterocycles. The molecule has 0 spiro atoms. The molecule has 2 aromatic carbocycles. The monoisotopic (exact) mass is 748 g/mol. The van der Waals surface area contributed by atoms with Gasteiger partial charge in [0.25, 0.3) is 5.91 Å². The molecule has 41 heavy (non-hydrogen) atoms. The lowest BCUT2D eigenvalue weighted by Crippen LogP contribution is -2.48. The van der Waals surface area contributed by atoms with Gasteiger partial charge in [0.1, 0.15) is 24.3 Å². The van der Waals surface area contributed by atoms with Gasteiger partial charge in [0, 0.05) is 21.6 Å². The van der Waals surface area contributed by atoms with Gasteiger partial charge in [-0.15, -0.1) is 0 Å². The number of nitrogens with one attached hydrogen (secondary N) is 1. The van der Waals surface area contributed by atoms with E-state index in [-0.39, 0.29) is 31.0 Å². The predicted molar refractivity (Wildman–Crippen MR) is 137 cm³/mol. The van der Waals surface area contributed by atoms with Crippen LogP contribution in [0, 0.1) is 0 Å². The maximum Gasteiger partial charge on any atom is 0.417 e. The van der Waals surface area contributed by atoms with Crippen LogP contribution in [0.3, 0.4) is 0 Å². The summed E-state index contributed by atoms with van der Waals surface area (Å²) in [5, 5.41) is 1.86.